The summed E-state index contributed by atoms with van der Waals surface area (Å²) in [5.41, 5.74) is 0.836. The van der Waals surface area contributed by atoms with Crippen molar-refractivity contribution in [1.29, 1.82) is 0 Å². The molecule has 1 aromatic heterocycles. The number of amides is 1. The van der Waals surface area contributed by atoms with Gasteiger partial charge >= 0.3 is 5.69 Å². The van der Waals surface area contributed by atoms with Gasteiger partial charge in [-0.2, -0.15) is 10.1 Å². The second kappa shape index (κ2) is 8.41. The van der Waals surface area contributed by atoms with Crippen LogP contribution in [-0.4, -0.2) is 27.8 Å². The second-order valence-corrected chi connectivity index (χ2v) is 6.76. The summed E-state index contributed by atoms with van der Waals surface area (Å²) in [6, 6.07) is 10.8. The highest BCUT2D eigenvalue weighted by molar-refractivity contribution is 6.31. The van der Waals surface area contributed by atoms with Crippen LogP contribution in [0.5, 0.6) is 5.75 Å². The quantitative estimate of drug-likeness (QED) is 0.680. The summed E-state index contributed by atoms with van der Waals surface area (Å²) in [7, 11) is 1.48. The van der Waals surface area contributed by atoms with Gasteiger partial charge in [-0.1, -0.05) is 35.3 Å². The zero-order chi connectivity index (χ0) is 20.3. The standard InChI is InChI=1S/C19H16Cl2N4O3/c1-11(18(26)23-15-9-14(21)7-8-17(15)28-2)25-19(27)24-16(10-22-25)12-3-5-13(20)6-4-12/h3-11H,1-2H3,(H,23,26)/t11-/m1/s1. The average molecular weight is 419 g/mol. The molecule has 0 bridgehead atoms. The number of halogens is 2. The molecule has 1 amide bonds. The number of aromatic nitrogens is 3. The lowest BCUT2D eigenvalue weighted by Gasteiger charge is -2.15. The summed E-state index contributed by atoms with van der Waals surface area (Å²) in [5, 5.41) is 7.79. The lowest BCUT2D eigenvalue weighted by atomic mass is 10.2. The number of anilines is 1. The molecule has 28 heavy (non-hydrogen) atoms. The van der Waals surface area contributed by atoms with Crippen LogP contribution in [0.3, 0.4) is 0 Å². The SMILES string of the molecule is COc1ccc(Cl)cc1NC(=O)[C@@H](C)n1ncc(-c2ccc(Cl)cc2)nc1=O. The van der Waals surface area contributed by atoms with Crippen LogP contribution in [0.1, 0.15) is 13.0 Å². The number of carbonyl (C=O) groups is 1. The van der Waals surface area contributed by atoms with Crippen LogP contribution in [-0.2, 0) is 4.79 Å². The van der Waals surface area contributed by atoms with Crippen molar-refractivity contribution in [3.63, 3.8) is 0 Å². The monoisotopic (exact) mass is 418 g/mol. The highest BCUT2D eigenvalue weighted by atomic mass is 35.5. The zero-order valence-electron chi connectivity index (χ0n) is 15.0. The first-order valence-electron chi connectivity index (χ1n) is 8.25. The number of hydrogen-bond acceptors (Lipinski definition) is 5. The molecule has 0 aliphatic carbocycles. The molecular weight excluding hydrogens is 403 g/mol. The van der Waals surface area contributed by atoms with Crippen LogP contribution >= 0.6 is 23.2 Å². The Morgan fingerprint density at radius 3 is 2.46 bits per heavy atom. The molecule has 0 radical (unpaired) electrons. The van der Waals surface area contributed by atoms with E-state index in [4.69, 9.17) is 27.9 Å². The van der Waals surface area contributed by atoms with Gasteiger partial charge in [0.1, 0.15) is 11.8 Å². The van der Waals surface area contributed by atoms with Gasteiger partial charge in [0.15, 0.2) is 0 Å². The fourth-order valence-corrected chi connectivity index (χ4v) is 2.80. The molecular formula is C19H16Cl2N4O3. The molecule has 3 rings (SSSR count). The van der Waals surface area contributed by atoms with Gasteiger partial charge in [-0.05, 0) is 37.3 Å². The van der Waals surface area contributed by atoms with Crippen molar-refractivity contribution < 1.29 is 9.53 Å². The summed E-state index contributed by atoms with van der Waals surface area (Å²) in [5.74, 6) is -0.0160. The molecule has 7 nitrogen and oxygen atoms in total. The number of nitrogens with zero attached hydrogens (tertiary/aromatic N) is 3. The Morgan fingerprint density at radius 2 is 1.82 bits per heavy atom. The highest BCUT2D eigenvalue weighted by Gasteiger charge is 2.20. The third kappa shape index (κ3) is 4.32. The molecule has 0 unspecified atom stereocenters. The third-order valence-electron chi connectivity index (χ3n) is 4.02. The van der Waals surface area contributed by atoms with E-state index in [9.17, 15) is 9.59 Å². The lowest BCUT2D eigenvalue weighted by molar-refractivity contribution is -0.119. The molecule has 9 heteroatoms. The molecule has 0 fully saturated rings. The first-order valence-corrected chi connectivity index (χ1v) is 9.01. The number of rotatable bonds is 5. The Hall–Kier alpha value is -2.90. The van der Waals surface area contributed by atoms with Gasteiger partial charge < -0.3 is 10.1 Å². The van der Waals surface area contributed by atoms with E-state index in [2.05, 4.69) is 15.4 Å². The van der Waals surface area contributed by atoms with E-state index < -0.39 is 17.6 Å². The van der Waals surface area contributed by atoms with Crippen LogP contribution in [0, 0.1) is 0 Å². The number of nitrogens with one attached hydrogen (secondary N) is 1. The van der Waals surface area contributed by atoms with Gasteiger partial charge in [-0.3, -0.25) is 4.79 Å². The van der Waals surface area contributed by atoms with Crippen molar-refractivity contribution >= 4 is 34.8 Å². The molecule has 0 saturated heterocycles. The van der Waals surface area contributed by atoms with E-state index in [1.165, 1.54) is 13.3 Å². The minimum absolute atomic E-state index is 0.391. The van der Waals surface area contributed by atoms with Crippen LogP contribution < -0.4 is 15.7 Å². The van der Waals surface area contributed by atoms with E-state index in [1.807, 2.05) is 0 Å². The van der Waals surface area contributed by atoms with Gasteiger partial charge in [-0.15, -0.1) is 0 Å². The highest BCUT2D eigenvalue weighted by Crippen LogP contribution is 2.28. The number of benzene rings is 2. The molecule has 144 valence electrons. The molecule has 1 atom stereocenters. The number of carbonyl (C=O) groups excluding carboxylic acids is 1. The first-order chi connectivity index (χ1) is 13.4. The molecule has 0 spiro atoms. The Kier molecular flexibility index (Phi) is 5.96. The largest absolute Gasteiger partial charge is 0.495 e. The van der Waals surface area contributed by atoms with Crippen molar-refractivity contribution in [2.24, 2.45) is 0 Å². The van der Waals surface area contributed by atoms with Crippen molar-refractivity contribution in [2.75, 3.05) is 12.4 Å². The van der Waals surface area contributed by atoms with Crippen molar-refractivity contribution in [1.82, 2.24) is 14.8 Å². The molecule has 0 aliphatic rings. The van der Waals surface area contributed by atoms with E-state index >= 15 is 0 Å². The summed E-state index contributed by atoms with van der Waals surface area (Å²) in [6.45, 7) is 1.55. The molecule has 2 aromatic carbocycles. The van der Waals surface area contributed by atoms with Gasteiger partial charge in [0, 0.05) is 15.6 Å². The van der Waals surface area contributed by atoms with Gasteiger partial charge in [0.25, 0.3) is 0 Å². The zero-order valence-corrected chi connectivity index (χ0v) is 16.5. The number of hydrogen-bond donors (Lipinski definition) is 1. The lowest BCUT2D eigenvalue weighted by Crippen LogP contribution is -2.34. The molecule has 1 N–H and O–H groups in total. The van der Waals surface area contributed by atoms with Crippen molar-refractivity contribution in [2.45, 2.75) is 13.0 Å². The summed E-state index contributed by atoms with van der Waals surface area (Å²) >= 11 is 11.8. The van der Waals surface area contributed by atoms with E-state index in [-0.39, 0.29) is 0 Å². The molecule has 0 aliphatic heterocycles. The molecule has 1 heterocycles. The maximum atomic E-state index is 12.6. The van der Waals surface area contributed by atoms with Crippen LogP contribution in [0.4, 0.5) is 5.69 Å². The predicted molar refractivity (Wildman–Crippen MR) is 108 cm³/mol. The Morgan fingerprint density at radius 1 is 1.14 bits per heavy atom. The van der Waals surface area contributed by atoms with Crippen LogP contribution in [0.25, 0.3) is 11.3 Å². The molecule has 0 saturated carbocycles. The normalized spacial score (nSPS) is 11.7. The summed E-state index contributed by atoms with van der Waals surface area (Å²) in [4.78, 5) is 29.0. The maximum absolute atomic E-state index is 12.6. The summed E-state index contributed by atoms with van der Waals surface area (Å²) in [6.07, 6.45) is 1.42. The summed E-state index contributed by atoms with van der Waals surface area (Å²) < 4.78 is 6.21. The van der Waals surface area contributed by atoms with E-state index in [0.717, 1.165) is 4.68 Å². The number of methoxy groups -OCH3 is 1. The van der Waals surface area contributed by atoms with Crippen LogP contribution in [0.15, 0.2) is 53.5 Å². The Balaban J connectivity index is 1.83. The Labute approximate surface area is 170 Å². The van der Waals surface area contributed by atoms with Gasteiger partial charge in [0.05, 0.1) is 24.7 Å². The van der Waals surface area contributed by atoms with Crippen molar-refractivity contribution in [3.05, 3.63) is 69.2 Å². The Bertz CT molecular complexity index is 1070. The smallest absolute Gasteiger partial charge is 0.365 e. The van der Waals surface area contributed by atoms with Crippen LogP contribution in [0.2, 0.25) is 10.0 Å². The van der Waals surface area contributed by atoms with Gasteiger partial charge in [-0.25, -0.2) is 9.48 Å². The molecule has 3 aromatic rings. The second-order valence-electron chi connectivity index (χ2n) is 5.89. The van der Waals surface area contributed by atoms with Gasteiger partial charge in [0.2, 0.25) is 5.91 Å². The van der Waals surface area contributed by atoms with E-state index in [1.54, 1.807) is 49.4 Å². The average Bonchev–Trinajstić information content (AvgIpc) is 2.68. The number of ether oxygens (including phenoxy) is 1. The topological polar surface area (TPSA) is 86.1 Å². The fourth-order valence-electron chi connectivity index (χ4n) is 2.50. The first kappa shape index (κ1) is 19.9. The maximum Gasteiger partial charge on any atom is 0.365 e. The minimum atomic E-state index is -0.900. The van der Waals surface area contributed by atoms with Crippen molar-refractivity contribution in [3.8, 4) is 17.0 Å². The predicted octanol–water partition coefficient (Wildman–Crippen LogP) is 3.82. The fraction of sp³-hybridized carbons (Fsp3) is 0.158. The van der Waals surface area contributed by atoms with E-state index in [0.29, 0.717) is 32.7 Å². The third-order valence-corrected chi connectivity index (χ3v) is 4.51. The minimum Gasteiger partial charge on any atom is -0.495 e.